The van der Waals surface area contributed by atoms with Crippen molar-refractivity contribution in [1.29, 1.82) is 0 Å². The van der Waals surface area contributed by atoms with Gasteiger partial charge in [0.1, 0.15) is 5.03 Å². The normalized spacial score (nSPS) is 18.1. The average Bonchev–Trinajstić information content (AvgIpc) is 3.32. The van der Waals surface area contributed by atoms with E-state index in [9.17, 15) is 9.59 Å². The van der Waals surface area contributed by atoms with Gasteiger partial charge in [0.15, 0.2) is 0 Å². The first-order chi connectivity index (χ1) is 12.1. The van der Waals surface area contributed by atoms with Gasteiger partial charge in [-0.15, -0.1) is 24.8 Å². The molecule has 1 saturated carbocycles. The predicted molar refractivity (Wildman–Crippen MR) is 113 cm³/mol. The fourth-order valence-electron chi connectivity index (χ4n) is 3.18. The molecular formula is C18H28Cl2N4O2S. The van der Waals surface area contributed by atoms with E-state index in [2.05, 4.69) is 10.3 Å². The molecule has 2 aliphatic rings. The number of thioether (sulfide) groups is 1. The third kappa shape index (κ3) is 6.24. The van der Waals surface area contributed by atoms with Crippen molar-refractivity contribution in [2.75, 3.05) is 19.6 Å². The molecule has 3 N–H and O–H groups in total. The second-order valence-electron chi connectivity index (χ2n) is 6.80. The number of carbonyl (C=O) groups excluding carboxylic acids is 2. The van der Waals surface area contributed by atoms with Crippen molar-refractivity contribution in [2.24, 2.45) is 11.7 Å². The van der Waals surface area contributed by atoms with Crippen LogP contribution in [0.4, 0.5) is 0 Å². The first-order valence-electron chi connectivity index (χ1n) is 9.01. The summed E-state index contributed by atoms with van der Waals surface area (Å²) in [6.07, 6.45) is 6.05. The molecule has 0 aromatic carbocycles. The quantitative estimate of drug-likeness (QED) is 0.643. The summed E-state index contributed by atoms with van der Waals surface area (Å²) < 4.78 is 0. The number of pyridine rings is 1. The summed E-state index contributed by atoms with van der Waals surface area (Å²) in [6, 6.07) is 3.54. The Kier molecular flexibility index (Phi) is 9.87. The Morgan fingerprint density at radius 2 is 2.00 bits per heavy atom. The first-order valence-corrected chi connectivity index (χ1v) is 9.89. The van der Waals surface area contributed by atoms with E-state index in [0.29, 0.717) is 23.1 Å². The van der Waals surface area contributed by atoms with Crippen molar-refractivity contribution in [3.8, 4) is 0 Å². The Hall–Kier alpha value is -1.02. The molecule has 27 heavy (non-hydrogen) atoms. The number of nitrogens with zero attached hydrogens (tertiary/aromatic N) is 2. The number of hydrogen-bond acceptors (Lipinski definition) is 5. The molecule has 2 atom stereocenters. The largest absolute Gasteiger partial charge is 0.348 e. The molecule has 0 bridgehead atoms. The van der Waals surface area contributed by atoms with Gasteiger partial charge in [0.2, 0.25) is 5.91 Å². The molecule has 152 valence electrons. The molecule has 2 amide bonds. The topological polar surface area (TPSA) is 88.3 Å². The zero-order valence-corrected chi connectivity index (χ0v) is 17.9. The minimum atomic E-state index is -0.256. The summed E-state index contributed by atoms with van der Waals surface area (Å²) in [7, 11) is 0. The van der Waals surface area contributed by atoms with E-state index >= 15 is 0 Å². The van der Waals surface area contributed by atoms with Gasteiger partial charge < -0.3 is 16.0 Å². The molecule has 1 aliphatic carbocycles. The van der Waals surface area contributed by atoms with Crippen LogP contribution in [0.5, 0.6) is 0 Å². The molecule has 0 radical (unpaired) electrons. The van der Waals surface area contributed by atoms with E-state index in [1.807, 2.05) is 11.8 Å². The zero-order chi connectivity index (χ0) is 17.8. The van der Waals surface area contributed by atoms with Crippen LogP contribution in [0, 0.1) is 5.92 Å². The Morgan fingerprint density at radius 1 is 1.33 bits per heavy atom. The van der Waals surface area contributed by atoms with Gasteiger partial charge in [-0.2, -0.15) is 0 Å². The van der Waals surface area contributed by atoms with Gasteiger partial charge in [-0.1, -0.05) is 11.8 Å². The molecule has 2 fully saturated rings. The smallest absolute Gasteiger partial charge is 0.254 e. The SMILES string of the molecule is CC(Sc1ncccc1C(=O)NC(CN)C1CC1)C(=O)N1CCCC1.Cl.Cl. The molecule has 1 aliphatic heterocycles. The molecule has 0 spiro atoms. The third-order valence-electron chi connectivity index (χ3n) is 4.83. The highest BCUT2D eigenvalue weighted by Gasteiger charge is 2.32. The van der Waals surface area contributed by atoms with Crippen LogP contribution < -0.4 is 11.1 Å². The fourth-order valence-corrected chi connectivity index (χ4v) is 4.18. The van der Waals surface area contributed by atoms with Crippen molar-refractivity contribution in [3.63, 3.8) is 0 Å². The molecule has 1 saturated heterocycles. The zero-order valence-electron chi connectivity index (χ0n) is 15.4. The minimum Gasteiger partial charge on any atom is -0.348 e. The van der Waals surface area contributed by atoms with Crippen molar-refractivity contribution in [1.82, 2.24) is 15.2 Å². The van der Waals surface area contributed by atoms with Crippen molar-refractivity contribution >= 4 is 48.4 Å². The predicted octanol–water partition coefficient (Wildman–Crippen LogP) is 2.50. The Labute approximate surface area is 177 Å². The second-order valence-corrected chi connectivity index (χ2v) is 8.13. The summed E-state index contributed by atoms with van der Waals surface area (Å²) >= 11 is 1.36. The van der Waals surface area contributed by atoms with Crippen molar-refractivity contribution in [2.45, 2.75) is 48.9 Å². The summed E-state index contributed by atoms with van der Waals surface area (Å²) in [4.78, 5) is 31.4. The number of halogens is 2. The van der Waals surface area contributed by atoms with Gasteiger partial charge in [0, 0.05) is 31.9 Å². The van der Waals surface area contributed by atoms with E-state index in [1.165, 1.54) is 11.8 Å². The number of hydrogen-bond donors (Lipinski definition) is 2. The second kappa shape index (κ2) is 11.1. The van der Waals surface area contributed by atoms with Crippen LogP contribution in [0.3, 0.4) is 0 Å². The van der Waals surface area contributed by atoms with E-state index in [4.69, 9.17) is 5.73 Å². The maximum Gasteiger partial charge on any atom is 0.254 e. The van der Waals surface area contributed by atoms with Crippen LogP contribution in [0.25, 0.3) is 0 Å². The maximum atomic E-state index is 12.7. The number of carbonyl (C=O) groups is 2. The van der Waals surface area contributed by atoms with Gasteiger partial charge in [-0.25, -0.2) is 4.98 Å². The molecule has 1 aromatic rings. The fraction of sp³-hybridized carbons (Fsp3) is 0.611. The van der Waals surface area contributed by atoms with Crippen molar-refractivity contribution < 1.29 is 9.59 Å². The van der Waals surface area contributed by atoms with Gasteiger partial charge in [0.25, 0.3) is 5.91 Å². The van der Waals surface area contributed by atoms with E-state index in [-0.39, 0.29) is 47.9 Å². The summed E-state index contributed by atoms with van der Waals surface area (Å²) in [5, 5.41) is 3.38. The van der Waals surface area contributed by atoms with Crippen LogP contribution in [0.2, 0.25) is 0 Å². The lowest BCUT2D eigenvalue weighted by molar-refractivity contribution is -0.129. The first kappa shape index (κ1) is 24.0. The van der Waals surface area contributed by atoms with E-state index in [1.54, 1.807) is 18.3 Å². The number of aromatic nitrogens is 1. The summed E-state index contributed by atoms with van der Waals surface area (Å²) in [5.74, 6) is 0.466. The van der Waals surface area contributed by atoms with Crippen LogP contribution in [0.15, 0.2) is 23.4 Å². The maximum absolute atomic E-state index is 12.7. The lowest BCUT2D eigenvalue weighted by Gasteiger charge is -2.21. The summed E-state index contributed by atoms with van der Waals surface area (Å²) in [5.41, 5.74) is 6.30. The van der Waals surface area contributed by atoms with Gasteiger partial charge in [-0.05, 0) is 50.7 Å². The lowest BCUT2D eigenvalue weighted by Crippen LogP contribution is -2.42. The van der Waals surface area contributed by atoms with Gasteiger partial charge >= 0.3 is 0 Å². The number of nitrogens with one attached hydrogen (secondary N) is 1. The molecule has 9 heteroatoms. The van der Waals surface area contributed by atoms with Crippen LogP contribution in [-0.2, 0) is 4.79 Å². The molecule has 2 heterocycles. The van der Waals surface area contributed by atoms with E-state index in [0.717, 1.165) is 38.8 Å². The van der Waals surface area contributed by atoms with E-state index < -0.39 is 0 Å². The molecule has 3 rings (SSSR count). The summed E-state index contributed by atoms with van der Waals surface area (Å²) in [6.45, 7) is 4.00. The van der Waals surface area contributed by atoms with Crippen LogP contribution in [0.1, 0.15) is 43.0 Å². The highest BCUT2D eigenvalue weighted by Crippen LogP contribution is 2.33. The Morgan fingerprint density at radius 3 is 2.59 bits per heavy atom. The average molecular weight is 435 g/mol. The van der Waals surface area contributed by atoms with Crippen LogP contribution >= 0.6 is 36.6 Å². The molecular weight excluding hydrogens is 407 g/mol. The highest BCUT2D eigenvalue weighted by atomic mass is 35.5. The number of likely N-dealkylation sites (tertiary alicyclic amines) is 1. The third-order valence-corrected chi connectivity index (χ3v) is 5.93. The molecule has 2 unspecified atom stereocenters. The molecule has 6 nitrogen and oxygen atoms in total. The van der Waals surface area contributed by atoms with Crippen LogP contribution in [-0.4, -0.2) is 52.6 Å². The molecule has 1 aromatic heterocycles. The number of rotatable bonds is 7. The number of nitrogens with two attached hydrogens (primary N) is 1. The Bertz CT molecular complexity index is 640. The van der Waals surface area contributed by atoms with Crippen molar-refractivity contribution in [3.05, 3.63) is 23.9 Å². The standard InChI is InChI=1S/C18H26N4O2S.2ClH/c1-12(18(24)22-9-2-3-10-22)25-17-14(5-4-8-20-17)16(23)21-15(11-19)13-6-7-13;;/h4-5,8,12-13,15H,2-3,6-7,9-11,19H2,1H3,(H,21,23);2*1H. The van der Waals surface area contributed by atoms with Gasteiger partial charge in [0.05, 0.1) is 10.8 Å². The monoisotopic (exact) mass is 434 g/mol. The Balaban J connectivity index is 0.00000182. The van der Waals surface area contributed by atoms with Gasteiger partial charge in [-0.3, -0.25) is 9.59 Å². The lowest BCUT2D eigenvalue weighted by atomic mass is 10.1. The highest BCUT2D eigenvalue weighted by molar-refractivity contribution is 8.00. The number of amides is 2. The minimum absolute atomic E-state index is 0.